The predicted molar refractivity (Wildman–Crippen MR) is 81.3 cm³/mol. The summed E-state index contributed by atoms with van der Waals surface area (Å²) in [6.07, 6.45) is 4.38. The fraction of sp³-hybridized carbons (Fsp3) is 0.706. The monoisotopic (exact) mass is 304 g/mol. The number of carbonyl (C=O) groups excluding carboxylic acids is 1. The highest BCUT2D eigenvalue weighted by Crippen LogP contribution is 2.33. The van der Waals surface area contributed by atoms with E-state index in [1.807, 2.05) is 19.1 Å². The molecule has 5 nitrogen and oxygen atoms in total. The van der Waals surface area contributed by atoms with Crippen molar-refractivity contribution in [3.05, 3.63) is 23.7 Å². The average molecular weight is 304 g/mol. The van der Waals surface area contributed by atoms with Crippen LogP contribution in [0.25, 0.3) is 0 Å². The molecule has 0 spiro atoms. The molecule has 3 aliphatic rings. The normalized spacial score (nSPS) is 32.0. The number of amides is 1. The summed E-state index contributed by atoms with van der Waals surface area (Å²) < 4.78 is 11.6. The minimum Gasteiger partial charge on any atom is -0.465 e. The van der Waals surface area contributed by atoms with Gasteiger partial charge in [-0.05, 0) is 44.7 Å². The number of hydrogen-bond acceptors (Lipinski definition) is 4. The van der Waals surface area contributed by atoms with Crippen molar-refractivity contribution >= 4 is 5.91 Å². The van der Waals surface area contributed by atoms with E-state index in [2.05, 4.69) is 10.2 Å². The standard InChI is InChI=1S/C17H24N2O3/c1-11-2-5-14(22-11)10-19-9-12(17(20)18-13-3-4-13)8-16-15(19)6-7-21-16/h2,5,12-13,15-16H,3-4,6-10H2,1H3,(H,18,20)/t12-,15+,16+/m0/s1. The number of hydrogen-bond donors (Lipinski definition) is 1. The molecule has 0 radical (unpaired) electrons. The Morgan fingerprint density at radius 1 is 1.36 bits per heavy atom. The Morgan fingerprint density at radius 3 is 2.95 bits per heavy atom. The lowest BCUT2D eigenvalue weighted by Gasteiger charge is -2.39. The van der Waals surface area contributed by atoms with E-state index in [1.165, 1.54) is 0 Å². The second kappa shape index (κ2) is 5.70. The maximum atomic E-state index is 12.4. The van der Waals surface area contributed by atoms with Crippen LogP contribution >= 0.6 is 0 Å². The first kappa shape index (κ1) is 14.3. The van der Waals surface area contributed by atoms with Gasteiger partial charge < -0.3 is 14.5 Å². The molecule has 1 amide bonds. The molecule has 3 heterocycles. The van der Waals surface area contributed by atoms with Gasteiger partial charge in [0.15, 0.2) is 0 Å². The van der Waals surface area contributed by atoms with E-state index in [4.69, 9.17) is 9.15 Å². The van der Waals surface area contributed by atoms with Crippen molar-refractivity contribution in [3.63, 3.8) is 0 Å². The van der Waals surface area contributed by atoms with E-state index in [-0.39, 0.29) is 17.9 Å². The number of likely N-dealkylation sites (tertiary alicyclic amines) is 1. The van der Waals surface area contributed by atoms with Crippen LogP contribution in [-0.2, 0) is 16.1 Å². The number of ether oxygens (including phenoxy) is 1. The van der Waals surface area contributed by atoms with Crippen LogP contribution in [0.4, 0.5) is 0 Å². The molecule has 5 heteroatoms. The molecule has 1 N–H and O–H groups in total. The van der Waals surface area contributed by atoms with Gasteiger partial charge in [-0.15, -0.1) is 0 Å². The van der Waals surface area contributed by atoms with E-state index >= 15 is 0 Å². The van der Waals surface area contributed by atoms with Gasteiger partial charge in [-0.1, -0.05) is 0 Å². The molecule has 1 aromatic rings. The fourth-order valence-electron chi connectivity index (χ4n) is 3.74. The molecule has 3 fully saturated rings. The largest absolute Gasteiger partial charge is 0.465 e. The van der Waals surface area contributed by atoms with E-state index in [0.717, 1.165) is 56.9 Å². The third-order valence-corrected chi connectivity index (χ3v) is 5.06. The maximum absolute atomic E-state index is 12.4. The van der Waals surface area contributed by atoms with Gasteiger partial charge in [-0.25, -0.2) is 0 Å². The summed E-state index contributed by atoms with van der Waals surface area (Å²) in [7, 11) is 0. The van der Waals surface area contributed by atoms with E-state index < -0.39 is 0 Å². The van der Waals surface area contributed by atoms with Crippen molar-refractivity contribution in [1.82, 2.24) is 10.2 Å². The minimum atomic E-state index is 0.0380. The highest BCUT2D eigenvalue weighted by molar-refractivity contribution is 5.79. The van der Waals surface area contributed by atoms with Crippen LogP contribution in [0.3, 0.4) is 0 Å². The number of aryl methyl sites for hydroxylation is 1. The number of nitrogens with one attached hydrogen (secondary N) is 1. The zero-order valence-electron chi connectivity index (χ0n) is 13.1. The summed E-state index contributed by atoms with van der Waals surface area (Å²) in [6, 6.07) is 4.89. The molecule has 0 unspecified atom stereocenters. The molecule has 22 heavy (non-hydrogen) atoms. The predicted octanol–water partition coefficient (Wildman–Crippen LogP) is 1.85. The van der Waals surface area contributed by atoms with Crippen LogP contribution in [0.15, 0.2) is 16.5 Å². The van der Waals surface area contributed by atoms with E-state index in [1.54, 1.807) is 0 Å². The van der Waals surface area contributed by atoms with E-state index in [9.17, 15) is 4.79 Å². The van der Waals surface area contributed by atoms with Crippen molar-refractivity contribution in [2.24, 2.45) is 5.92 Å². The van der Waals surface area contributed by atoms with Gasteiger partial charge in [-0.2, -0.15) is 0 Å². The molecule has 2 aliphatic heterocycles. The lowest BCUT2D eigenvalue weighted by atomic mass is 9.89. The third-order valence-electron chi connectivity index (χ3n) is 5.06. The number of fused-ring (bicyclic) bond motifs is 1. The van der Waals surface area contributed by atoms with Crippen molar-refractivity contribution in [2.75, 3.05) is 13.2 Å². The topological polar surface area (TPSA) is 54.7 Å². The van der Waals surface area contributed by atoms with Crippen LogP contribution in [0.2, 0.25) is 0 Å². The van der Waals surface area contributed by atoms with Crippen LogP contribution in [0, 0.1) is 12.8 Å². The highest BCUT2D eigenvalue weighted by Gasteiger charge is 2.43. The van der Waals surface area contributed by atoms with Gasteiger partial charge >= 0.3 is 0 Å². The fourth-order valence-corrected chi connectivity index (χ4v) is 3.74. The second-order valence-electron chi connectivity index (χ2n) is 6.92. The molecule has 0 bridgehead atoms. The quantitative estimate of drug-likeness (QED) is 0.922. The first-order chi connectivity index (χ1) is 10.7. The number of piperidine rings is 1. The van der Waals surface area contributed by atoms with Crippen molar-refractivity contribution in [2.45, 2.75) is 57.3 Å². The molecule has 1 saturated carbocycles. The number of nitrogens with zero attached hydrogens (tertiary/aromatic N) is 1. The Labute approximate surface area is 131 Å². The Balaban J connectivity index is 1.46. The van der Waals surface area contributed by atoms with Gasteiger partial charge in [0.25, 0.3) is 0 Å². The van der Waals surface area contributed by atoms with Gasteiger partial charge in [0, 0.05) is 25.2 Å². The third kappa shape index (κ3) is 2.92. The zero-order chi connectivity index (χ0) is 15.1. The first-order valence-corrected chi connectivity index (χ1v) is 8.40. The summed E-state index contributed by atoms with van der Waals surface area (Å²) in [5.41, 5.74) is 0. The number of furan rings is 1. The van der Waals surface area contributed by atoms with Crippen LogP contribution in [0.1, 0.15) is 37.2 Å². The van der Waals surface area contributed by atoms with Gasteiger partial charge in [0.1, 0.15) is 11.5 Å². The lowest BCUT2D eigenvalue weighted by molar-refractivity contribution is -0.130. The Kier molecular flexibility index (Phi) is 3.70. The summed E-state index contributed by atoms with van der Waals surface area (Å²) in [5, 5.41) is 3.15. The smallest absolute Gasteiger partial charge is 0.224 e. The molecule has 4 rings (SSSR count). The second-order valence-corrected chi connectivity index (χ2v) is 6.92. The SMILES string of the molecule is Cc1ccc(CN2C[C@@H](C(=O)NC3CC3)C[C@H]3OCC[C@H]32)o1. The average Bonchev–Trinajstić information content (AvgIpc) is 3.01. The Bertz CT molecular complexity index is 552. The van der Waals surface area contributed by atoms with Crippen LogP contribution in [-0.4, -0.2) is 42.1 Å². The Hall–Kier alpha value is -1.33. The van der Waals surface area contributed by atoms with E-state index in [0.29, 0.717) is 12.1 Å². The number of rotatable bonds is 4. The number of carbonyl (C=O) groups is 1. The molecular formula is C17H24N2O3. The molecule has 2 saturated heterocycles. The minimum absolute atomic E-state index is 0.0380. The Morgan fingerprint density at radius 2 is 2.23 bits per heavy atom. The maximum Gasteiger partial charge on any atom is 0.224 e. The first-order valence-electron chi connectivity index (χ1n) is 8.40. The molecular weight excluding hydrogens is 280 g/mol. The summed E-state index contributed by atoms with van der Waals surface area (Å²) in [5.74, 6) is 2.16. The van der Waals surface area contributed by atoms with Crippen molar-refractivity contribution < 1.29 is 13.9 Å². The molecule has 3 atom stereocenters. The van der Waals surface area contributed by atoms with Gasteiger partial charge in [-0.3, -0.25) is 9.69 Å². The summed E-state index contributed by atoms with van der Waals surface area (Å²) in [4.78, 5) is 14.8. The molecule has 120 valence electrons. The summed E-state index contributed by atoms with van der Waals surface area (Å²) in [6.45, 7) is 4.35. The van der Waals surface area contributed by atoms with Crippen LogP contribution < -0.4 is 5.32 Å². The molecule has 0 aromatic carbocycles. The van der Waals surface area contributed by atoms with Crippen molar-refractivity contribution in [3.8, 4) is 0 Å². The van der Waals surface area contributed by atoms with Crippen LogP contribution in [0.5, 0.6) is 0 Å². The summed E-state index contributed by atoms with van der Waals surface area (Å²) >= 11 is 0. The van der Waals surface area contributed by atoms with Gasteiger partial charge in [0.05, 0.1) is 18.6 Å². The highest BCUT2D eigenvalue weighted by atomic mass is 16.5. The van der Waals surface area contributed by atoms with Crippen molar-refractivity contribution in [1.29, 1.82) is 0 Å². The zero-order valence-corrected chi connectivity index (χ0v) is 13.1. The molecule has 1 aromatic heterocycles. The molecule has 1 aliphatic carbocycles. The van der Waals surface area contributed by atoms with Gasteiger partial charge in [0.2, 0.25) is 5.91 Å². The lowest BCUT2D eigenvalue weighted by Crippen LogP contribution is -2.52.